The summed E-state index contributed by atoms with van der Waals surface area (Å²) in [6, 6.07) is 15.3. The van der Waals surface area contributed by atoms with Gasteiger partial charge < -0.3 is 10.1 Å². The molecule has 2 aromatic rings. The Bertz CT molecular complexity index is 771. The Balaban J connectivity index is 1.69. The maximum absolute atomic E-state index is 12.6. The molecule has 3 rings (SSSR count). The van der Waals surface area contributed by atoms with Crippen LogP contribution in [0.2, 0.25) is 0 Å². The predicted octanol–water partition coefficient (Wildman–Crippen LogP) is 2.82. The van der Waals surface area contributed by atoms with Crippen molar-refractivity contribution in [1.82, 2.24) is 5.32 Å². The van der Waals surface area contributed by atoms with E-state index in [2.05, 4.69) is 5.32 Å². The topological polar surface area (TPSA) is 58.6 Å². The van der Waals surface area contributed by atoms with E-state index in [1.807, 2.05) is 56.3 Å². The maximum atomic E-state index is 12.6. The molecule has 1 N–H and O–H groups in total. The van der Waals surface area contributed by atoms with E-state index >= 15 is 0 Å². The number of aryl methyl sites for hydroxylation is 1. The van der Waals surface area contributed by atoms with Gasteiger partial charge in [-0.25, -0.2) is 0 Å². The summed E-state index contributed by atoms with van der Waals surface area (Å²) in [6.45, 7) is 4.35. The average Bonchev–Trinajstić information content (AvgIpc) is 2.63. The quantitative estimate of drug-likeness (QED) is 0.912. The molecule has 2 amide bonds. The molecular weight excluding hydrogens is 316 g/mol. The van der Waals surface area contributed by atoms with Crippen LogP contribution in [0.3, 0.4) is 0 Å². The number of para-hydroxylation sites is 2. The molecule has 25 heavy (non-hydrogen) atoms. The van der Waals surface area contributed by atoms with Crippen LogP contribution in [-0.4, -0.2) is 24.5 Å². The van der Waals surface area contributed by atoms with Crippen molar-refractivity contribution in [2.75, 3.05) is 11.4 Å². The second kappa shape index (κ2) is 7.38. The number of benzene rings is 2. The molecule has 0 saturated carbocycles. The minimum Gasteiger partial charge on any atom is -0.478 e. The van der Waals surface area contributed by atoms with Crippen LogP contribution in [0.4, 0.5) is 5.69 Å². The predicted molar refractivity (Wildman–Crippen MR) is 96.5 cm³/mol. The van der Waals surface area contributed by atoms with E-state index < -0.39 is 6.10 Å². The second-order valence-corrected chi connectivity index (χ2v) is 6.17. The number of carbonyl (C=O) groups is 2. The van der Waals surface area contributed by atoms with Gasteiger partial charge >= 0.3 is 0 Å². The summed E-state index contributed by atoms with van der Waals surface area (Å²) in [5, 5.41) is 2.88. The molecule has 0 radical (unpaired) electrons. The van der Waals surface area contributed by atoms with Gasteiger partial charge in [0, 0.05) is 6.54 Å². The highest BCUT2D eigenvalue weighted by Crippen LogP contribution is 2.34. The minimum absolute atomic E-state index is 0.0123. The zero-order valence-electron chi connectivity index (χ0n) is 14.5. The van der Waals surface area contributed by atoms with Crippen LogP contribution < -0.4 is 15.0 Å². The molecule has 1 aliphatic rings. The fraction of sp³-hybridized carbons (Fsp3) is 0.300. The zero-order valence-corrected chi connectivity index (χ0v) is 14.5. The molecule has 130 valence electrons. The fourth-order valence-electron chi connectivity index (χ4n) is 2.80. The molecule has 0 bridgehead atoms. The van der Waals surface area contributed by atoms with Crippen LogP contribution in [0.25, 0.3) is 0 Å². The van der Waals surface area contributed by atoms with Crippen molar-refractivity contribution in [1.29, 1.82) is 0 Å². The summed E-state index contributed by atoms with van der Waals surface area (Å²) in [5.74, 6) is 0.271. The highest BCUT2D eigenvalue weighted by molar-refractivity contribution is 6.03. The standard InChI is InChI=1S/C20H22N2O3/c1-3-17-20(24)22(16-6-4-5-7-18(16)25-17)13-19(23)21-12-15-10-8-14(2)9-11-15/h4-11,17H,3,12-13H2,1-2H3,(H,21,23)/t17-/m0/s1. The van der Waals surface area contributed by atoms with Crippen LogP contribution in [0.1, 0.15) is 24.5 Å². The number of nitrogens with zero attached hydrogens (tertiary/aromatic N) is 1. The third-order valence-electron chi connectivity index (χ3n) is 4.25. The second-order valence-electron chi connectivity index (χ2n) is 6.17. The largest absolute Gasteiger partial charge is 0.478 e. The average molecular weight is 338 g/mol. The van der Waals surface area contributed by atoms with Crippen LogP contribution in [0.15, 0.2) is 48.5 Å². The summed E-state index contributed by atoms with van der Waals surface area (Å²) < 4.78 is 5.72. The summed E-state index contributed by atoms with van der Waals surface area (Å²) in [7, 11) is 0. The Labute approximate surface area is 147 Å². The molecule has 2 aromatic carbocycles. The molecule has 0 spiro atoms. The van der Waals surface area contributed by atoms with Gasteiger partial charge in [0.2, 0.25) is 5.91 Å². The number of rotatable bonds is 5. The lowest BCUT2D eigenvalue weighted by molar-refractivity contribution is -0.129. The van der Waals surface area contributed by atoms with Crippen molar-refractivity contribution < 1.29 is 14.3 Å². The number of ether oxygens (including phenoxy) is 1. The highest BCUT2D eigenvalue weighted by atomic mass is 16.5. The van der Waals surface area contributed by atoms with Crippen LogP contribution in [-0.2, 0) is 16.1 Å². The molecule has 0 saturated heterocycles. The number of hydrogen-bond acceptors (Lipinski definition) is 3. The van der Waals surface area contributed by atoms with Gasteiger partial charge in [-0.1, -0.05) is 48.9 Å². The van der Waals surface area contributed by atoms with E-state index in [0.29, 0.717) is 24.4 Å². The molecule has 0 aromatic heterocycles. The minimum atomic E-state index is -0.542. The first-order chi connectivity index (χ1) is 12.1. The number of nitrogens with one attached hydrogen (secondary N) is 1. The Kier molecular flexibility index (Phi) is 5.03. The molecule has 1 heterocycles. The monoisotopic (exact) mass is 338 g/mol. The van der Waals surface area contributed by atoms with E-state index in [4.69, 9.17) is 4.74 Å². The number of hydrogen-bond donors (Lipinski definition) is 1. The molecule has 1 atom stereocenters. The van der Waals surface area contributed by atoms with Gasteiger partial charge in [0.25, 0.3) is 5.91 Å². The van der Waals surface area contributed by atoms with Crippen molar-refractivity contribution in [3.05, 3.63) is 59.7 Å². The molecule has 0 unspecified atom stereocenters. The lowest BCUT2D eigenvalue weighted by atomic mass is 10.1. The lowest BCUT2D eigenvalue weighted by Crippen LogP contribution is -2.49. The van der Waals surface area contributed by atoms with Gasteiger partial charge in [0.05, 0.1) is 5.69 Å². The normalized spacial score (nSPS) is 16.2. The van der Waals surface area contributed by atoms with Crippen LogP contribution in [0.5, 0.6) is 5.75 Å². The van der Waals surface area contributed by atoms with Gasteiger partial charge in [-0.05, 0) is 31.0 Å². The first kappa shape index (κ1) is 17.0. The summed E-state index contributed by atoms with van der Waals surface area (Å²) in [4.78, 5) is 26.5. The zero-order chi connectivity index (χ0) is 17.8. The third kappa shape index (κ3) is 3.82. The summed E-state index contributed by atoms with van der Waals surface area (Å²) >= 11 is 0. The molecule has 0 aliphatic carbocycles. The molecule has 1 aliphatic heterocycles. The van der Waals surface area contributed by atoms with E-state index in [1.165, 1.54) is 10.5 Å². The molecule has 5 nitrogen and oxygen atoms in total. The first-order valence-electron chi connectivity index (χ1n) is 8.47. The van der Waals surface area contributed by atoms with Crippen LogP contribution >= 0.6 is 0 Å². The fourth-order valence-corrected chi connectivity index (χ4v) is 2.80. The van der Waals surface area contributed by atoms with E-state index in [-0.39, 0.29) is 18.4 Å². The van der Waals surface area contributed by atoms with Crippen molar-refractivity contribution in [2.24, 2.45) is 0 Å². The Morgan fingerprint density at radius 3 is 2.60 bits per heavy atom. The lowest BCUT2D eigenvalue weighted by Gasteiger charge is -2.33. The Hall–Kier alpha value is -2.82. The number of carbonyl (C=O) groups excluding carboxylic acids is 2. The summed E-state index contributed by atoms with van der Waals surface area (Å²) in [5.41, 5.74) is 2.85. The number of anilines is 1. The number of fused-ring (bicyclic) bond motifs is 1. The molecule has 5 heteroatoms. The first-order valence-corrected chi connectivity index (χ1v) is 8.47. The van der Waals surface area contributed by atoms with E-state index in [0.717, 1.165) is 5.56 Å². The van der Waals surface area contributed by atoms with Gasteiger partial charge in [0.15, 0.2) is 6.10 Å². The highest BCUT2D eigenvalue weighted by Gasteiger charge is 2.34. The Morgan fingerprint density at radius 1 is 1.16 bits per heavy atom. The third-order valence-corrected chi connectivity index (χ3v) is 4.25. The van der Waals surface area contributed by atoms with Gasteiger partial charge in [-0.3, -0.25) is 14.5 Å². The molecule has 0 fully saturated rings. The summed E-state index contributed by atoms with van der Waals surface area (Å²) in [6.07, 6.45) is 0.0223. The van der Waals surface area contributed by atoms with Gasteiger partial charge in [-0.15, -0.1) is 0 Å². The Morgan fingerprint density at radius 2 is 1.88 bits per heavy atom. The van der Waals surface area contributed by atoms with Gasteiger partial charge in [0.1, 0.15) is 12.3 Å². The van der Waals surface area contributed by atoms with Crippen molar-refractivity contribution in [2.45, 2.75) is 32.9 Å². The van der Waals surface area contributed by atoms with Crippen LogP contribution in [0, 0.1) is 6.92 Å². The maximum Gasteiger partial charge on any atom is 0.268 e. The van der Waals surface area contributed by atoms with Crippen molar-refractivity contribution in [3.63, 3.8) is 0 Å². The van der Waals surface area contributed by atoms with E-state index in [9.17, 15) is 9.59 Å². The molecular formula is C20H22N2O3. The van der Waals surface area contributed by atoms with Crippen molar-refractivity contribution in [3.8, 4) is 5.75 Å². The number of amides is 2. The SMILES string of the molecule is CC[C@@H]1Oc2ccccc2N(CC(=O)NCc2ccc(C)cc2)C1=O. The van der Waals surface area contributed by atoms with Gasteiger partial charge in [-0.2, -0.15) is 0 Å². The van der Waals surface area contributed by atoms with Crippen molar-refractivity contribution >= 4 is 17.5 Å². The van der Waals surface area contributed by atoms with E-state index in [1.54, 1.807) is 6.07 Å². The smallest absolute Gasteiger partial charge is 0.268 e.